The van der Waals surface area contributed by atoms with Crippen LogP contribution >= 0.6 is 0 Å². The van der Waals surface area contributed by atoms with Gasteiger partial charge in [0.15, 0.2) is 6.61 Å². The Morgan fingerprint density at radius 3 is 2.38 bits per heavy atom. The predicted octanol–water partition coefficient (Wildman–Crippen LogP) is 1.29. The molecule has 1 aliphatic rings. The summed E-state index contributed by atoms with van der Waals surface area (Å²) in [6.07, 6.45) is 1.61. The number of phenolic OH excluding ortho intramolecular Hbond substituents is 1. The maximum absolute atomic E-state index is 12.7. The molecular formula is C19H21N3O6S. The van der Waals surface area contributed by atoms with Crippen LogP contribution in [0.15, 0.2) is 47.4 Å². The van der Waals surface area contributed by atoms with Crippen molar-refractivity contribution in [2.45, 2.75) is 17.7 Å². The van der Waals surface area contributed by atoms with Crippen molar-refractivity contribution >= 4 is 27.5 Å². The number of primary amides is 1. The average molecular weight is 419 g/mol. The summed E-state index contributed by atoms with van der Waals surface area (Å²) >= 11 is 0. The molecule has 2 aromatic carbocycles. The molecule has 0 radical (unpaired) electrons. The highest BCUT2D eigenvalue weighted by atomic mass is 32.2. The van der Waals surface area contributed by atoms with Crippen molar-refractivity contribution in [2.24, 2.45) is 5.73 Å². The number of anilines is 1. The van der Waals surface area contributed by atoms with Crippen LogP contribution in [0.2, 0.25) is 0 Å². The van der Waals surface area contributed by atoms with Gasteiger partial charge in [-0.15, -0.1) is 0 Å². The summed E-state index contributed by atoms with van der Waals surface area (Å²) < 4.78 is 31.9. The molecule has 0 aliphatic carbocycles. The molecular weight excluding hydrogens is 398 g/mol. The van der Waals surface area contributed by atoms with Gasteiger partial charge in [-0.3, -0.25) is 9.59 Å². The van der Waals surface area contributed by atoms with Gasteiger partial charge in [0.05, 0.1) is 10.6 Å². The van der Waals surface area contributed by atoms with Crippen LogP contribution in [0.4, 0.5) is 5.69 Å². The Kier molecular flexibility index (Phi) is 6.04. The van der Waals surface area contributed by atoms with Crippen LogP contribution in [0.25, 0.3) is 0 Å². The first kappa shape index (κ1) is 20.6. The van der Waals surface area contributed by atoms with Crippen LogP contribution in [0.5, 0.6) is 11.5 Å². The second-order valence-corrected chi connectivity index (χ2v) is 8.46. The van der Waals surface area contributed by atoms with Crippen LogP contribution in [0.3, 0.4) is 0 Å². The zero-order valence-electron chi connectivity index (χ0n) is 15.5. The number of phenols is 1. The second-order valence-electron chi connectivity index (χ2n) is 6.52. The van der Waals surface area contributed by atoms with Gasteiger partial charge >= 0.3 is 0 Å². The van der Waals surface area contributed by atoms with E-state index in [-0.39, 0.29) is 28.5 Å². The zero-order chi connectivity index (χ0) is 21.0. The molecule has 0 bridgehead atoms. The number of carbonyl (C=O) groups is 2. The van der Waals surface area contributed by atoms with Gasteiger partial charge < -0.3 is 20.9 Å². The van der Waals surface area contributed by atoms with Crippen molar-refractivity contribution in [3.05, 3.63) is 48.0 Å². The summed E-state index contributed by atoms with van der Waals surface area (Å²) in [6.45, 7) is 0.627. The Hall–Kier alpha value is -3.11. The number of hydrogen-bond donors (Lipinski definition) is 3. The molecule has 3 rings (SSSR count). The van der Waals surface area contributed by atoms with Gasteiger partial charge in [0.2, 0.25) is 10.0 Å². The zero-order valence-corrected chi connectivity index (χ0v) is 16.3. The van der Waals surface area contributed by atoms with Crippen LogP contribution < -0.4 is 15.8 Å². The third-order valence-electron chi connectivity index (χ3n) is 4.42. The summed E-state index contributed by atoms with van der Waals surface area (Å²) in [5.74, 6) is -1.05. The molecule has 1 fully saturated rings. The number of rotatable bonds is 7. The fourth-order valence-corrected chi connectivity index (χ4v) is 4.45. The van der Waals surface area contributed by atoms with E-state index in [9.17, 15) is 23.1 Å². The Labute approximate surface area is 168 Å². The largest absolute Gasteiger partial charge is 0.506 e. The summed E-state index contributed by atoms with van der Waals surface area (Å²) in [5.41, 5.74) is 5.25. The minimum absolute atomic E-state index is 0.00250. The van der Waals surface area contributed by atoms with Crippen LogP contribution in [-0.2, 0) is 14.8 Å². The van der Waals surface area contributed by atoms with Crippen LogP contribution in [0, 0.1) is 0 Å². The van der Waals surface area contributed by atoms with Crippen LogP contribution in [0.1, 0.15) is 23.2 Å². The van der Waals surface area contributed by atoms with E-state index in [1.54, 1.807) is 0 Å². The lowest BCUT2D eigenvalue weighted by molar-refractivity contribution is -0.119. The highest BCUT2D eigenvalue weighted by molar-refractivity contribution is 7.89. The Bertz CT molecular complexity index is 1010. The van der Waals surface area contributed by atoms with E-state index in [0.29, 0.717) is 18.8 Å². The molecule has 2 aromatic rings. The quantitative estimate of drug-likeness (QED) is 0.578. The van der Waals surface area contributed by atoms with Gasteiger partial charge in [-0.1, -0.05) is 0 Å². The molecule has 154 valence electrons. The Balaban J connectivity index is 1.75. The normalized spacial score (nSPS) is 14.5. The van der Waals surface area contributed by atoms with E-state index < -0.39 is 21.8 Å². The first-order valence-electron chi connectivity index (χ1n) is 8.93. The number of aromatic hydroxyl groups is 1. The molecule has 1 saturated heterocycles. The Morgan fingerprint density at radius 1 is 1.10 bits per heavy atom. The third kappa shape index (κ3) is 4.84. The number of sulfonamides is 1. The highest BCUT2D eigenvalue weighted by Gasteiger charge is 2.28. The molecule has 10 heteroatoms. The van der Waals surface area contributed by atoms with Gasteiger partial charge in [-0.25, -0.2) is 8.42 Å². The minimum Gasteiger partial charge on any atom is -0.506 e. The monoisotopic (exact) mass is 419 g/mol. The summed E-state index contributed by atoms with van der Waals surface area (Å²) in [7, 11) is -3.68. The predicted molar refractivity (Wildman–Crippen MR) is 105 cm³/mol. The number of nitrogens with zero attached hydrogens (tertiary/aromatic N) is 1. The number of nitrogens with two attached hydrogens (primary N) is 1. The maximum atomic E-state index is 12.7. The van der Waals surface area contributed by atoms with Crippen molar-refractivity contribution in [2.75, 3.05) is 25.0 Å². The lowest BCUT2D eigenvalue weighted by Gasteiger charge is -2.16. The molecule has 4 N–H and O–H groups in total. The standard InChI is InChI=1S/C19H21N3O6S/c20-18(24)12-28-14-5-3-13(4-6-14)19(25)21-16-11-15(7-8-17(16)23)29(26,27)22-9-1-2-10-22/h3-8,11,23H,1-2,9-10,12H2,(H2,20,24)(H,21,25). The molecule has 1 heterocycles. The molecule has 0 aromatic heterocycles. The average Bonchev–Trinajstić information content (AvgIpc) is 3.24. The molecule has 0 saturated carbocycles. The topological polar surface area (TPSA) is 139 Å². The number of amides is 2. The molecule has 9 nitrogen and oxygen atoms in total. The lowest BCUT2D eigenvalue weighted by Crippen LogP contribution is -2.28. The number of benzene rings is 2. The SMILES string of the molecule is NC(=O)COc1ccc(C(=O)Nc2cc(S(=O)(=O)N3CCCC3)ccc2O)cc1. The molecule has 0 atom stereocenters. The molecule has 0 unspecified atom stereocenters. The van der Waals surface area contributed by atoms with E-state index in [0.717, 1.165) is 12.8 Å². The van der Waals surface area contributed by atoms with E-state index in [1.807, 2.05) is 0 Å². The molecule has 1 aliphatic heterocycles. The van der Waals surface area contributed by atoms with E-state index in [4.69, 9.17) is 10.5 Å². The van der Waals surface area contributed by atoms with E-state index >= 15 is 0 Å². The van der Waals surface area contributed by atoms with E-state index in [1.165, 1.54) is 46.8 Å². The van der Waals surface area contributed by atoms with Crippen molar-refractivity contribution in [3.8, 4) is 11.5 Å². The van der Waals surface area contributed by atoms with E-state index in [2.05, 4.69) is 5.32 Å². The van der Waals surface area contributed by atoms with Gasteiger partial charge in [-0.05, 0) is 55.3 Å². The third-order valence-corrected chi connectivity index (χ3v) is 6.31. The van der Waals surface area contributed by atoms with Crippen LogP contribution in [-0.4, -0.2) is 49.3 Å². The smallest absolute Gasteiger partial charge is 0.255 e. The second kappa shape index (κ2) is 8.50. The first-order chi connectivity index (χ1) is 13.8. The number of carbonyl (C=O) groups excluding carboxylic acids is 2. The molecule has 2 amide bonds. The summed E-state index contributed by atoms with van der Waals surface area (Å²) in [5, 5.41) is 12.6. The summed E-state index contributed by atoms with van der Waals surface area (Å²) in [6, 6.07) is 9.70. The summed E-state index contributed by atoms with van der Waals surface area (Å²) in [4.78, 5) is 23.2. The minimum atomic E-state index is -3.68. The van der Waals surface area contributed by atoms with Gasteiger partial charge in [0, 0.05) is 18.7 Å². The van der Waals surface area contributed by atoms with Gasteiger partial charge in [0.25, 0.3) is 11.8 Å². The first-order valence-corrected chi connectivity index (χ1v) is 10.4. The number of hydrogen-bond acceptors (Lipinski definition) is 6. The fraction of sp³-hybridized carbons (Fsp3) is 0.263. The number of ether oxygens (including phenoxy) is 1. The lowest BCUT2D eigenvalue weighted by atomic mass is 10.2. The van der Waals surface area contributed by atoms with Crippen molar-refractivity contribution in [1.82, 2.24) is 4.31 Å². The van der Waals surface area contributed by atoms with Gasteiger partial charge in [-0.2, -0.15) is 4.31 Å². The van der Waals surface area contributed by atoms with Crippen molar-refractivity contribution in [3.63, 3.8) is 0 Å². The fourth-order valence-electron chi connectivity index (χ4n) is 2.90. The van der Waals surface area contributed by atoms with Gasteiger partial charge in [0.1, 0.15) is 11.5 Å². The molecule has 0 spiro atoms. The molecule has 29 heavy (non-hydrogen) atoms. The highest BCUT2D eigenvalue weighted by Crippen LogP contribution is 2.29. The van der Waals surface area contributed by atoms with Crippen molar-refractivity contribution in [1.29, 1.82) is 0 Å². The maximum Gasteiger partial charge on any atom is 0.255 e. The van der Waals surface area contributed by atoms with Crippen molar-refractivity contribution < 1.29 is 27.9 Å². The number of nitrogens with one attached hydrogen (secondary N) is 1. The Morgan fingerprint density at radius 2 is 1.76 bits per heavy atom.